The van der Waals surface area contributed by atoms with Crippen LogP contribution in [-0.4, -0.2) is 17.5 Å². The lowest BCUT2D eigenvalue weighted by molar-refractivity contribution is 0.509. The van der Waals surface area contributed by atoms with Gasteiger partial charge in [-0.15, -0.1) is 0 Å². The monoisotopic (exact) mass is 261 g/mol. The van der Waals surface area contributed by atoms with Gasteiger partial charge in [0.25, 0.3) is 0 Å². The summed E-state index contributed by atoms with van der Waals surface area (Å²) in [6, 6.07) is 9.54. The van der Waals surface area contributed by atoms with Crippen LogP contribution in [0.15, 0.2) is 24.3 Å². The van der Waals surface area contributed by atoms with E-state index in [1.54, 1.807) is 11.1 Å². The Bertz CT molecular complexity index is 398. The number of hydrogen-bond donors (Lipinski definition) is 1. The van der Waals surface area contributed by atoms with E-state index in [4.69, 9.17) is 0 Å². The van der Waals surface area contributed by atoms with Gasteiger partial charge in [-0.25, -0.2) is 0 Å². The number of hydrogen-bond acceptors (Lipinski definition) is 2. The minimum atomic E-state index is 0.556. The van der Waals surface area contributed by atoms with E-state index in [0.717, 1.165) is 10.5 Å². The molecule has 2 aliphatic rings. The fourth-order valence-corrected chi connectivity index (χ4v) is 5.28. The van der Waals surface area contributed by atoms with Gasteiger partial charge in [-0.05, 0) is 43.9 Å². The van der Waals surface area contributed by atoms with E-state index >= 15 is 0 Å². The summed E-state index contributed by atoms with van der Waals surface area (Å²) < 4.78 is 0. The molecule has 0 spiro atoms. The Morgan fingerprint density at radius 2 is 1.89 bits per heavy atom. The first kappa shape index (κ1) is 12.6. The Kier molecular flexibility index (Phi) is 3.95. The number of benzene rings is 1. The van der Waals surface area contributed by atoms with Gasteiger partial charge >= 0.3 is 0 Å². The molecule has 0 radical (unpaired) electrons. The Morgan fingerprint density at radius 3 is 2.67 bits per heavy atom. The third kappa shape index (κ3) is 2.46. The lowest BCUT2D eigenvalue weighted by Crippen LogP contribution is -2.33. The molecule has 1 aromatic rings. The highest BCUT2D eigenvalue weighted by atomic mass is 32.2. The molecule has 1 N–H and O–H groups in total. The first-order valence-electron chi connectivity index (χ1n) is 7.29. The maximum atomic E-state index is 3.56. The second kappa shape index (κ2) is 5.66. The second-order valence-corrected chi connectivity index (χ2v) is 7.13. The molecule has 0 heterocycles. The minimum Gasteiger partial charge on any atom is -0.312 e. The molecule has 0 aliphatic heterocycles. The highest BCUT2D eigenvalue weighted by Gasteiger charge is 2.31. The van der Waals surface area contributed by atoms with Crippen molar-refractivity contribution >= 4 is 11.8 Å². The fraction of sp³-hybridized carbons (Fsp3) is 0.625. The van der Waals surface area contributed by atoms with E-state index in [-0.39, 0.29) is 0 Å². The summed E-state index contributed by atoms with van der Waals surface area (Å²) in [5.41, 5.74) is 3.10. The molecule has 2 heteroatoms. The van der Waals surface area contributed by atoms with Gasteiger partial charge < -0.3 is 5.32 Å². The lowest BCUT2D eigenvalue weighted by Gasteiger charge is -2.34. The zero-order valence-corrected chi connectivity index (χ0v) is 12.0. The highest BCUT2D eigenvalue weighted by molar-refractivity contribution is 8.00. The Labute approximate surface area is 115 Å². The van der Waals surface area contributed by atoms with Crippen LogP contribution in [0.1, 0.15) is 49.3 Å². The van der Waals surface area contributed by atoms with Crippen molar-refractivity contribution in [3.05, 3.63) is 35.4 Å². The van der Waals surface area contributed by atoms with Crippen molar-refractivity contribution in [1.29, 1.82) is 0 Å². The molecule has 0 amide bonds. The molecule has 1 saturated carbocycles. The number of rotatable bonds is 3. The zero-order chi connectivity index (χ0) is 12.4. The molecule has 2 aliphatic carbocycles. The average molecular weight is 261 g/mol. The Balaban J connectivity index is 1.76. The van der Waals surface area contributed by atoms with Crippen molar-refractivity contribution in [2.24, 2.45) is 0 Å². The van der Waals surface area contributed by atoms with Crippen molar-refractivity contribution in [2.75, 3.05) is 7.05 Å². The van der Waals surface area contributed by atoms with E-state index < -0.39 is 0 Å². The number of thioether (sulfide) groups is 1. The third-order valence-corrected chi connectivity index (χ3v) is 6.15. The fourth-order valence-electron chi connectivity index (χ4n) is 3.49. The summed E-state index contributed by atoms with van der Waals surface area (Å²) in [6.45, 7) is 0. The summed E-state index contributed by atoms with van der Waals surface area (Å²) in [5.74, 6) is 0. The molecule has 2 unspecified atom stereocenters. The van der Waals surface area contributed by atoms with Crippen LogP contribution >= 0.6 is 11.8 Å². The molecule has 98 valence electrons. The molecule has 18 heavy (non-hydrogen) atoms. The molecule has 0 bridgehead atoms. The van der Waals surface area contributed by atoms with E-state index in [9.17, 15) is 0 Å². The smallest absolute Gasteiger partial charge is 0.0441 e. The quantitative estimate of drug-likeness (QED) is 0.884. The number of fused-ring (bicyclic) bond motifs is 1. The molecule has 1 aromatic carbocycles. The van der Waals surface area contributed by atoms with Crippen LogP contribution in [0.4, 0.5) is 0 Å². The molecule has 1 nitrogen and oxygen atoms in total. The molecule has 2 atom stereocenters. The van der Waals surface area contributed by atoms with Crippen LogP contribution < -0.4 is 5.32 Å². The van der Waals surface area contributed by atoms with Gasteiger partial charge in [0.2, 0.25) is 0 Å². The standard InChI is InChI=1S/C16H23NS/c1-17-16-14-9-5-2-6-12(14)10-11-15(16)18-13-7-3-4-8-13/h2,5-6,9,13,15-17H,3-4,7-8,10-11H2,1H3. The van der Waals surface area contributed by atoms with E-state index in [2.05, 4.69) is 48.4 Å². The first-order chi connectivity index (χ1) is 8.88. The van der Waals surface area contributed by atoms with Gasteiger partial charge in [-0.2, -0.15) is 11.8 Å². The van der Waals surface area contributed by atoms with Gasteiger partial charge in [-0.1, -0.05) is 37.1 Å². The van der Waals surface area contributed by atoms with Crippen LogP contribution in [-0.2, 0) is 6.42 Å². The van der Waals surface area contributed by atoms with Gasteiger partial charge in [0.05, 0.1) is 0 Å². The maximum absolute atomic E-state index is 3.56. The normalized spacial score (nSPS) is 28.3. The Morgan fingerprint density at radius 1 is 1.11 bits per heavy atom. The predicted molar refractivity (Wildman–Crippen MR) is 80.2 cm³/mol. The molecule has 3 rings (SSSR count). The van der Waals surface area contributed by atoms with Crippen LogP contribution in [0.3, 0.4) is 0 Å². The highest BCUT2D eigenvalue weighted by Crippen LogP contribution is 2.42. The SMILES string of the molecule is CNC1c2ccccc2CCC1SC1CCCC1. The van der Waals surface area contributed by atoms with Crippen molar-refractivity contribution in [3.63, 3.8) is 0 Å². The van der Waals surface area contributed by atoms with E-state index in [0.29, 0.717) is 6.04 Å². The summed E-state index contributed by atoms with van der Waals surface area (Å²) in [4.78, 5) is 0. The number of aryl methyl sites for hydroxylation is 1. The van der Waals surface area contributed by atoms with Gasteiger partial charge in [0.1, 0.15) is 0 Å². The van der Waals surface area contributed by atoms with Gasteiger partial charge in [0, 0.05) is 16.5 Å². The molecule has 1 fully saturated rings. The van der Waals surface area contributed by atoms with E-state index in [1.165, 1.54) is 38.5 Å². The van der Waals surface area contributed by atoms with Crippen LogP contribution in [0.5, 0.6) is 0 Å². The van der Waals surface area contributed by atoms with Gasteiger partial charge in [0.15, 0.2) is 0 Å². The second-order valence-electron chi connectivity index (χ2n) is 5.58. The molecular formula is C16H23NS. The van der Waals surface area contributed by atoms with Crippen molar-refractivity contribution in [1.82, 2.24) is 5.32 Å². The largest absolute Gasteiger partial charge is 0.312 e. The van der Waals surface area contributed by atoms with Gasteiger partial charge in [-0.3, -0.25) is 0 Å². The molecule has 0 saturated heterocycles. The summed E-state index contributed by atoms with van der Waals surface area (Å²) in [5, 5.41) is 5.26. The lowest BCUT2D eigenvalue weighted by atomic mass is 9.87. The first-order valence-corrected chi connectivity index (χ1v) is 8.23. The maximum Gasteiger partial charge on any atom is 0.0441 e. The molecular weight excluding hydrogens is 238 g/mol. The predicted octanol–water partition coefficient (Wildman–Crippen LogP) is 3.94. The minimum absolute atomic E-state index is 0.556. The zero-order valence-electron chi connectivity index (χ0n) is 11.2. The summed E-state index contributed by atoms with van der Waals surface area (Å²) >= 11 is 2.26. The summed E-state index contributed by atoms with van der Waals surface area (Å²) in [7, 11) is 2.12. The van der Waals surface area contributed by atoms with Crippen molar-refractivity contribution in [2.45, 2.75) is 55.1 Å². The van der Waals surface area contributed by atoms with Crippen LogP contribution in [0.2, 0.25) is 0 Å². The van der Waals surface area contributed by atoms with Crippen molar-refractivity contribution < 1.29 is 0 Å². The van der Waals surface area contributed by atoms with Crippen LogP contribution in [0.25, 0.3) is 0 Å². The third-order valence-electron chi connectivity index (χ3n) is 4.44. The summed E-state index contributed by atoms with van der Waals surface area (Å²) in [6.07, 6.45) is 8.39. The Hall–Kier alpha value is -0.470. The number of nitrogens with one attached hydrogen (secondary N) is 1. The van der Waals surface area contributed by atoms with Crippen molar-refractivity contribution in [3.8, 4) is 0 Å². The van der Waals surface area contributed by atoms with Crippen LogP contribution in [0, 0.1) is 0 Å². The van der Waals surface area contributed by atoms with E-state index in [1.807, 2.05) is 0 Å². The topological polar surface area (TPSA) is 12.0 Å². The molecule has 0 aromatic heterocycles. The average Bonchev–Trinajstić information content (AvgIpc) is 2.91.